The van der Waals surface area contributed by atoms with Gasteiger partial charge in [0.25, 0.3) is 12.4 Å². The molecular formula is C31H40N3O2S+. The molecular weight excluding hydrogens is 478 g/mol. The first-order valence-electron chi connectivity index (χ1n) is 13.2. The normalized spacial score (nSPS) is 16.0. The predicted molar refractivity (Wildman–Crippen MR) is 160 cm³/mol. The third-order valence-corrected chi connectivity index (χ3v) is 7.80. The lowest BCUT2D eigenvalue weighted by molar-refractivity contribution is 0.461. The maximum atomic E-state index is 11.5. The first kappa shape index (κ1) is 28.5. The molecule has 0 radical (unpaired) electrons. The Morgan fingerprint density at radius 2 is 2.05 bits per heavy atom. The molecule has 37 heavy (non-hydrogen) atoms. The Balaban J connectivity index is 1.81. The molecule has 2 aliphatic heterocycles. The molecule has 1 aromatic carbocycles. The molecule has 0 saturated heterocycles. The lowest BCUT2D eigenvalue weighted by Crippen LogP contribution is -2.13. The Kier molecular flexibility index (Phi) is 10.00. The Bertz CT molecular complexity index is 1380. The highest BCUT2D eigenvalue weighted by Crippen LogP contribution is 2.38. The van der Waals surface area contributed by atoms with Gasteiger partial charge in [-0.25, -0.2) is 8.42 Å². The van der Waals surface area contributed by atoms with Gasteiger partial charge in [0.1, 0.15) is 9.84 Å². The zero-order valence-electron chi connectivity index (χ0n) is 22.9. The number of nitrogens with one attached hydrogen (secondary N) is 1. The average molecular weight is 519 g/mol. The molecule has 0 fully saturated rings. The molecule has 0 spiro atoms. The monoisotopic (exact) mass is 518 g/mol. The first-order chi connectivity index (χ1) is 17.6. The van der Waals surface area contributed by atoms with E-state index in [1.165, 1.54) is 23.0 Å². The van der Waals surface area contributed by atoms with Crippen molar-refractivity contribution in [2.75, 3.05) is 12.0 Å². The van der Waals surface area contributed by atoms with Gasteiger partial charge < -0.3 is 5.41 Å². The largest absolute Gasteiger partial charge is 0.310 e. The van der Waals surface area contributed by atoms with E-state index in [0.717, 1.165) is 60.1 Å². The second kappa shape index (κ2) is 13.0. The van der Waals surface area contributed by atoms with E-state index < -0.39 is 9.84 Å². The zero-order chi connectivity index (χ0) is 27.0. The zero-order valence-corrected chi connectivity index (χ0v) is 23.7. The van der Waals surface area contributed by atoms with E-state index in [0.29, 0.717) is 24.5 Å². The molecule has 0 aromatic heterocycles. The van der Waals surface area contributed by atoms with Crippen molar-refractivity contribution in [1.82, 2.24) is 4.67 Å². The fraction of sp³-hybridized carbons (Fsp3) is 0.452. The third kappa shape index (κ3) is 8.50. The maximum Gasteiger partial charge on any atom is 0.292 e. The summed E-state index contributed by atoms with van der Waals surface area (Å²) in [7, 11) is -3.04. The number of rotatable bonds is 12. The van der Waals surface area contributed by atoms with E-state index in [9.17, 15) is 8.42 Å². The molecule has 2 heterocycles. The number of aliphatic imine (C=N–C) groups is 1. The number of benzene rings is 1. The molecule has 1 N–H and O–H groups in total. The minimum atomic E-state index is -3.04. The summed E-state index contributed by atoms with van der Waals surface area (Å²) >= 11 is 0. The molecule has 0 aliphatic carbocycles. The molecule has 196 valence electrons. The number of allylic oxidation sites excluding steroid dienone is 5. The van der Waals surface area contributed by atoms with Gasteiger partial charge in [-0.05, 0) is 86.8 Å². The average Bonchev–Trinajstić information content (AvgIpc) is 3.02. The summed E-state index contributed by atoms with van der Waals surface area (Å²) in [4.78, 5) is 4.79. The third-order valence-electron chi connectivity index (χ3n) is 6.85. The summed E-state index contributed by atoms with van der Waals surface area (Å²) in [5, 5.41) is 8.28. The summed E-state index contributed by atoms with van der Waals surface area (Å²) in [6.45, 7) is 8.47. The van der Waals surface area contributed by atoms with E-state index in [1.54, 1.807) is 0 Å². The van der Waals surface area contributed by atoms with Crippen molar-refractivity contribution in [3.05, 3.63) is 57.9 Å². The van der Waals surface area contributed by atoms with E-state index >= 15 is 0 Å². The second-order valence-corrected chi connectivity index (χ2v) is 12.6. The molecule has 1 aromatic rings. The van der Waals surface area contributed by atoms with Crippen molar-refractivity contribution in [2.24, 2.45) is 10.9 Å². The summed E-state index contributed by atoms with van der Waals surface area (Å²) in [5.74, 6) is 0.454. The van der Waals surface area contributed by atoms with E-state index in [4.69, 9.17) is 10.4 Å². The van der Waals surface area contributed by atoms with Crippen LogP contribution in [0.2, 0.25) is 0 Å². The Morgan fingerprint density at radius 1 is 1.27 bits per heavy atom. The molecule has 0 saturated carbocycles. The van der Waals surface area contributed by atoms with Crippen molar-refractivity contribution in [3.63, 3.8) is 0 Å². The highest BCUT2D eigenvalue weighted by atomic mass is 32.2. The van der Waals surface area contributed by atoms with Gasteiger partial charge >= 0.3 is 0 Å². The van der Waals surface area contributed by atoms with Crippen LogP contribution in [0.4, 0.5) is 5.69 Å². The number of hydrogen-bond donors (Lipinski definition) is 1. The van der Waals surface area contributed by atoms with Crippen LogP contribution in [-0.2, 0) is 9.84 Å². The molecule has 2 aliphatic rings. The predicted octanol–water partition coefficient (Wildman–Crippen LogP) is 6.62. The van der Waals surface area contributed by atoms with Gasteiger partial charge in [-0.1, -0.05) is 25.8 Å². The standard InChI is InChI=1S/C31H40N3O2S/c1-6-8-25(19-28(32)13-16-37(5,35)36)10-7-9-23(3)29-17-22(2)21-34-31-24(4)18-27(20-30(29)31)26-11-14-33-15-12-26/h9,11,14-15,18,20-21,25,32H,6-8,10,12-13,16,19H2,1-5H3/q+1. The van der Waals surface area contributed by atoms with Gasteiger partial charge in [0.05, 0.1) is 17.9 Å². The lowest BCUT2D eigenvalue weighted by atomic mass is 9.89. The van der Waals surface area contributed by atoms with E-state index in [-0.39, 0.29) is 5.75 Å². The molecule has 3 rings (SSSR count). The number of hydrogen-bond acceptors (Lipinski definition) is 4. The molecule has 5 nitrogen and oxygen atoms in total. The number of sulfone groups is 1. The highest BCUT2D eigenvalue weighted by molar-refractivity contribution is 7.90. The van der Waals surface area contributed by atoms with Gasteiger partial charge in [-0.3, -0.25) is 4.99 Å². The number of fused-ring (bicyclic) bond motifs is 1. The molecule has 0 amide bonds. The van der Waals surface area contributed by atoms with Crippen LogP contribution in [0.1, 0.15) is 82.4 Å². The van der Waals surface area contributed by atoms with Gasteiger partial charge in [0, 0.05) is 41.0 Å². The molecule has 1 unspecified atom stereocenters. The fourth-order valence-corrected chi connectivity index (χ4v) is 5.49. The van der Waals surface area contributed by atoms with Crippen molar-refractivity contribution in [3.8, 4) is 0 Å². The van der Waals surface area contributed by atoms with Crippen LogP contribution < -0.4 is 4.67 Å². The van der Waals surface area contributed by atoms with Gasteiger partial charge in [0.15, 0.2) is 0 Å². The molecule has 0 bridgehead atoms. The van der Waals surface area contributed by atoms with Gasteiger partial charge in [0.2, 0.25) is 0 Å². The van der Waals surface area contributed by atoms with Gasteiger partial charge in [-0.15, -0.1) is 10.4 Å². The van der Waals surface area contributed by atoms with Crippen LogP contribution in [-0.4, -0.2) is 44.8 Å². The summed E-state index contributed by atoms with van der Waals surface area (Å²) in [5.41, 5.74) is 13.1. The molecule has 1 atom stereocenters. The lowest BCUT2D eigenvalue weighted by Gasteiger charge is -2.17. The minimum Gasteiger partial charge on any atom is -0.310 e. The van der Waals surface area contributed by atoms with Crippen LogP contribution in [0.5, 0.6) is 0 Å². The Morgan fingerprint density at radius 3 is 2.73 bits per heavy atom. The summed E-state index contributed by atoms with van der Waals surface area (Å²) in [6, 6.07) is 4.44. The topological polar surface area (TPSA) is 84.4 Å². The minimum absolute atomic E-state index is 0.0636. The smallest absolute Gasteiger partial charge is 0.292 e. The number of nitrogens with zero attached hydrogens (tertiary/aromatic N) is 2. The summed E-state index contributed by atoms with van der Waals surface area (Å²) < 4.78 is 27.2. The van der Waals surface area contributed by atoms with Crippen molar-refractivity contribution >= 4 is 51.0 Å². The quantitative estimate of drug-likeness (QED) is 0.191. The first-order valence-corrected chi connectivity index (χ1v) is 15.3. The van der Waals surface area contributed by atoms with E-state index in [2.05, 4.69) is 55.5 Å². The molecule has 6 heteroatoms. The summed E-state index contributed by atoms with van der Waals surface area (Å²) in [6.07, 6.45) is 17.1. The van der Waals surface area contributed by atoms with Crippen LogP contribution >= 0.6 is 0 Å². The number of aryl methyl sites for hydroxylation is 1. The van der Waals surface area contributed by atoms with Crippen molar-refractivity contribution in [1.29, 1.82) is 5.41 Å². The Labute approximate surface area is 222 Å². The van der Waals surface area contributed by atoms with Crippen LogP contribution in [0, 0.1) is 18.3 Å². The van der Waals surface area contributed by atoms with Crippen LogP contribution in [0.15, 0.2) is 46.2 Å². The SMILES string of the molecule is CCCC(CCC=C(C)C1=C=C(C)C=Nc2c(C)cc(C3=CC=[N+]=CC3)cc21)CC(=N)CCS(C)(=O)=O. The van der Waals surface area contributed by atoms with Crippen LogP contribution in [0.3, 0.4) is 0 Å². The van der Waals surface area contributed by atoms with Crippen molar-refractivity contribution in [2.45, 2.75) is 72.6 Å². The van der Waals surface area contributed by atoms with Crippen LogP contribution in [0.25, 0.3) is 11.1 Å². The van der Waals surface area contributed by atoms with E-state index in [1.807, 2.05) is 25.6 Å². The maximum absolute atomic E-state index is 11.5. The second-order valence-electron chi connectivity index (χ2n) is 10.3. The highest BCUT2D eigenvalue weighted by Gasteiger charge is 2.18. The van der Waals surface area contributed by atoms with Crippen molar-refractivity contribution < 1.29 is 8.42 Å². The van der Waals surface area contributed by atoms with Gasteiger partial charge in [-0.2, -0.15) is 0 Å². The Hall–Kier alpha value is -3.04. The fourth-order valence-electron chi connectivity index (χ4n) is 4.88.